The van der Waals surface area contributed by atoms with E-state index in [-0.39, 0.29) is 6.10 Å². The second-order valence-electron chi connectivity index (χ2n) is 6.59. The Morgan fingerprint density at radius 1 is 1.17 bits per heavy atom. The lowest BCUT2D eigenvalue weighted by Gasteiger charge is -2.18. The van der Waals surface area contributed by atoms with Crippen molar-refractivity contribution in [3.63, 3.8) is 0 Å². The molecule has 1 aliphatic rings. The fourth-order valence-electron chi connectivity index (χ4n) is 3.09. The average molecular weight is 315 g/mol. The summed E-state index contributed by atoms with van der Waals surface area (Å²) in [7, 11) is 0. The number of benzene rings is 1. The second kappa shape index (κ2) is 6.71. The van der Waals surface area contributed by atoms with Gasteiger partial charge in [0.15, 0.2) is 0 Å². The van der Waals surface area contributed by atoms with Gasteiger partial charge in [0.2, 0.25) is 11.7 Å². The zero-order valence-electron chi connectivity index (χ0n) is 14.3. The Bertz CT molecular complexity index is 650. The Morgan fingerprint density at radius 3 is 2.43 bits per heavy atom. The van der Waals surface area contributed by atoms with E-state index < -0.39 is 0 Å². The van der Waals surface area contributed by atoms with Crippen molar-refractivity contribution in [3.05, 3.63) is 29.2 Å². The highest BCUT2D eigenvalue weighted by atomic mass is 16.5. The van der Waals surface area contributed by atoms with Gasteiger partial charge in [-0.1, -0.05) is 5.16 Å². The number of hydrogen-bond acceptors (Lipinski definition) is 5. The molecule has 2 aromatic rings. The van der Waals surface area contributed by atoms with Gasteiger partial charge in [0.1, 0.15) is 5.75 Å². The normalized spacial score (nSPS) is 16.0. The number of hydrogen-bond donors (Lipinski definition) is 1. The summed E-state index contributed by atoms with van der Waals surface area (Å²) in [6, 6.07) is 4.14. The summed E-state index contributed by atoms with van der Waals surface area (Å²) in [4.78, 5) is 4.63. The van der Waals surface area contributed by atoms with E-state index in [9.17, 15) is 0 Å². The van der Waals surface area contributed by atoms with Gasteiger partial charge >= 0.3 is 0 Å². The Hall–Kier alpha value is -1.88. The van der Waals surface area contributed by atoms with Crippen molar-refractivity contribution in [2.75, 3.05) is 13.1 Å². The quantitative estimate of drug-likeness (QED) is 0.934. The monoisotopic (exact) mass is 315 g/mol. The fourth-order valence-corrected chi connectivity index (χ4v) is 3.09. The summed E-state index contributed by atoms with van der Waals surface area (Å²) < 4.78 is 11.4. The number of aryl methyl sites for hydroxylation is 2. The minimum atomic E-state index is 0.162. The molecule has 1 aliphatic heterocycles. The molecule has 0 unspecified atom stereocenters. The lowest BCUT2D eigenvalue weighted by Crippen LogP contribution is -2.26. The van der Waals surface area contributed by atoms with Gasteiger partial charge in [-0.15, -0.1) is 0 Å². The smallest absolute Gasteiger partial charge is 0.230 e. The SMILES string of the molecule is Cc1cc(-c2noc(C3CCNCC3)n2)cc(C)c1OC(C)C. The number of aromatic nitrogens is 2. The maximum absolute atomic E-state index is 5.90. The van der Waals surface area contributed by atoms with Crippen molar-refractivity contribution in [1.82, 2.24) is 15.5 Å². The first kappa shape index (κ1) is 16.0. The van der Waals surface area contributed by atoms with Crippen LogP contribution in [0.15, 0.2) is 16.7 Å². The van der Waals surface area contributed by atoms with Crippen LogP contribution in [0.3, 0.4) is 0 Å². The second-order valence-corrected chi connectivity index (χ2v) is 6.59. The molecule has 1 fully saturated rings. The molecule has 0 atom stereocenters. The maximum Gasteiger partial charge on any atom is 0.230 e. The number of nitrogens with zero attached hydrogens (tertiary/aromatic N) is 2. The molecule has 1 saturated heterocycles. The summed E-state index contributed by atoms with van der Waals surface area (Å²) in [5.41, 5.74) is 3.18. The molecule has 0 amide bonds. The van der Waals surface area contributed by atoms with Gasteiger partial charge in [0, 0.05) is 11.5 Å². The molecule has 0 bridgehead atoms. The van der Waals surface area contributed by atoms with Gasteiger partial charge in [-0.05, 0) is 76.9 Å². The third-order valence-corrected chi connectivity index (χ3v) is 4.20. The van der Waals surface area contributed by atoms with E-state index >= 15 is 0 Å². The molecule has 124 valence electrons. The molecular formula is C18H25N3O2. The Labute approximate surface area is 137 Å². The summed E-state index contributed by atoms with van der Waals surface area (Å²) in [6.07, 6.45) is 2.27. The first-order valence-corrected chi connectivity index (χ1v) is 8.37. The summed E-state index contributed by atoms with van der Waals surface area (Å²) in [6.45, 7) is 10.2. The summed E-state index contributed by atoms with van der Waals surface area (Å²) >= 11 is 0. The van der Waals surface area contributed by atoms with E-state index in [0.717, 1.165) is 54.3 Å². The van der Waals surface area contributed by atoms with E-state index in [1.165, 1.54) is 0 Å². The molecule has 0 aliphatic carbocycles. The molecule has 3 rings (SSSR count). The van der Waals surface area contributed by atoms with Crippen LogP contribution in [0, 0.1) is 13.8 Å². The topological polar surface area (TPSA) is 60.2 Å². The Kier molecular flexibility index (Phi) is 4.66. The van der Waals surface area contributed by atoms with Gasteiger partial charge in [-0.3, -0.25) is 0 Å². The van der Waals surface area contributed by atoms with Crippen molar-refractivity contribution in [2.45, 2.75) is 52.6 Å². The van der Waals surface area contributed by atoms with Crippen molar-refractivity contribution in [2.24, 2.45) is 0 Å². The van der Waals surface area contributed by atoms with Crippen LogP contribution in [-0.4, -0.2) is 29.3 Å². The fraction of sp³-hybridized carbons (Fsp3) is 0.556. The number of rotatable bonds is 4. The Balaban J connectivity index is 1.86. The van der Waals surface area contributed by atoms with Crippen LogP contribution >= 0.6 is 0 Å². The molecule has 2 heterocycles. The molecule has 1 aromatic heterocycles. The van der Waals surface area contributed by atoms with E-state index in [1.807, 2.05) is 13.8 Å². The highest BCUT2D eigenvalue weighted by Gasteiger charge is 2.22. The highest BCUT2D eigenvalue weighted by Crippen LogP contribution is 2.31. The molecule has 23 heavy (non-hydrogen) atoms. The van der Waals surface area contributed by atoms with E-state index in [4.69, 9.17) is 9.26 Å². The zero-order valence-corrected chi connectivity index (χ0v) is 14.3. The summed E-state index contributed by atoms with van der Waals surface area (Å²) in [5.74, 6) is 2.76. The van der Waals surface area contributed by atoms with Crippen molar-refractivity contribution in [1.29, 1.82) is 0 Å². The van der Waals surface area contributed by atoms with Gasteiger partial charge in [-0.25, -0.2) is 0 Å². The summed E-state index contributed by atoms with van der Waals surface area (Å²) in [5, 5.41) is 7.54. The van der Waals surface area contributed by atoms with E-state index in [2.05, 4.69) is 41.4 Å². The molecule has 0 saturated carbocycles. The Morgan fingerprint density at radius 2 is 1.83 bits per heavy atom. The van der Waals surface area contributed by atoms with E-state index in [1.54, 1.807) is 0 Å². The zero-order chi connectivity index (χ0) is 16.4. The number of nitrogens with one attached hydrogen (secondary N) is 1. The van der Waals surface area contributed by atoms with Crippen LogP contribution in [-0.2, 0) is 0 Å². The predicted molar refractivity (Wildman–Crippen MR) is 89.8 cm³/mol. The van der Waals surface area contributed by atoms with Crippen molar-refractivity contribution in [3.8, 4) is 17.1 Å². The number of ether oxygens (including phenoxy) is 1. The minimum Gasteiger partial charge on any atom is -0.490 e. The first-order valence-electron chi connectivity index (χ1n) is 8.37. The third kappa shape index (κ3) is 3.55. The third-order valence-electron chi connectivity index (χ3n) is 4.20. The lowest BCUT2D eigenvalue weighted by atomic mass is 9.98. The van der Waals surface area contributed by atoms with Crippen LogP contribution in [0.25, 0.3) is 11.4 Å². The van der Waals surface area contributed by atoms with Crippen molar-refractivity contribution < 1.29 is 9.26 Å². The van der Waals surface area contributed by atoms with Gasteiger partial charge in [-0.2, -0.15) is 4.98 Å². The lowest BCUT2D eigenvalue weighted by molar-refractivity contribution is 0.239. The standard InChI is InChI=1S/C18H25N3O2/c1-11(2)22-16-12(3)9-15(10-13(16)4)17-20-18(23-21-17)14-5-7-19-8-6-14/h9-11,14,19H,5-8H2,1-4H3. The van der Waals surface area contributed by atoms with Crippen LogP contribution in [0.4, 0.5) is 0 Å². The van der Waals surface area contributed by atoms with Gasteiger partial charge in [0.05, 0.1) is 6.10 Å². The maximum atomic E-state index is 5.90. The van der Waals surface area contributed by atoms with Crippen molar-refractivity contribution >= 4 is 0 Å². The molecule has 5 nitrogen and oxygen atoms in total. The molecule has 0 radical (unpaired) electrons. The van der Waals surface area contributed by atoms with Crippen LogP contribution < -0.4 is 10.1 Å². The van der Waals surface area contributed by atoms with Crippen LogP contribution in [0.5, 0.6) is 5.75 Å². The van der Waals surface area contributed by atoms with Crippen LogP contribution in [0.2, 0.25) is 0 Å². The molecular weight excluding hydrogens is 290 g/mol. The minimum absolute atomic E-state index is 0.162. The van der Waals surface area contributed by atoms with Gasteiger partial charge < -0.3 is 14.6 Å². The van der Waals surface area contributed by atoms with Gasteiger partial charge in [0.25, 0.3) is 0 Å². The molecule has 1 aromatic carbocycles. The molecule has 0 spiro atoms. The first-order chi connectivity index (χ1) is 11.0. The van der Waals surface area contributed by atoms with E-state index in [0.29, 0.717) is 11.7 Å². The highest BCUT2D eigenvalue weighted by molar-refractivity contribution is 5.61. The molecule has 5 heteroatoms. The number of piperidine rings is 1. The largest absolute Gasteiger partial charge is 0.490 e. The predicted octanol–water partition coefficient (Wildman–Crippen LogP) is 3.61. The average Bonchev–Trinajstić information content (AvgIpc) is 3.01. The van der Waals surface area contributed by atoms with Crippen LogP contribution in [0.1, 0.15) is 49.6 Å². The molecule has 1 N–H and O–H groups in total.